The van der Waals surface area contributed by atoms with E-state index in [0.717, 1.165) is 25.0 Å². The first-order valence-corrected chi connectivity index (χ1v) is 6.49. The molecule has 2 rings (SSSR count). The van der Waals surface area contributed by atoms with Gasteiger partial charge in [0.25, 0.3) is 0 Å². The quantitative estimate of drug-likeness (QED) is 0.840. The lowest BCUT2D eigenvalue weighted by atomic mass is 10.1. The van der Waals surface area contributed by atoms with E-state index < -0.39 is 23.6 Å². The van der Waals surface area contributed by atoms with Gasteiger partial charge in [0.2, 0.25) is 0 Å². The molecule has 2 atom stereocenters. The molecule has 1 aromatic carbocycles. The minimum absolute atomic E-state index is 0.00525. The van der Waals surface area contributed by atoms with E-state index in [1.165, 1.54) is 13.2 Å². The second-order valence-electron chi connectivity index (χ2n) is 4.67. The van der Waals surface area contributed by atoms with Crippen LogP contribution in [-0.2, 0) is 14.3 Å². The maximum Gasteiger partial charge on any atom is 0.327 e. The fourth-order valence-electron chi connectivity index (χ4n) is 2.23. The minimum Gasteiger partial charge on any atom is -0.468 e. The summed E-state index contributed by atoms with van der Waals surface area (Å²) < 4.78 is 36.8. The molecule has 0 amide bonds. The predicted molar refractivity (Wildman–Crippen MR) is 68.1 cm³/mol. The SMILES string of the molecule is COC(=O)C(NCC1CCCO1)c1ccc(F)cc1F. The summed E-state index contributed by atoms with van der Waals surface area (Å²) in [4.78, 5) is 11.8. The zero-order chi connectivity index (χ0) is 14.5. The number of hydrogen-bond acceptors (Lipinski definition) is 4. The number of methoxy groups -OCH3 is 1. The standard InChI is InChI=1S/C14H17F2NO3/c1-19-14(18)13(17-8-10-3-2-6-20-10)11-5-4-9(15)7-12(11)16/h4-5,7,10,13,17H,2-3,6,8H2,1H3. The summed E-state index contributed by atoms with van der Waals surface area (Å²) in [6, 6.07) is 2.14. The molecule has 0 aromatic heterocycles. The minimum atomic E-state index is -0.968. The van der Waals surface area contributed by atoms with Crippen LogP contribution < -0.4 is 5.32 Å². The van der Waals surface area contributed by atoms with Crippen LogP contribution in [-0.4, -0.2) is 32.3 Å². The summed E-state index contributed by atoms with van der Waals surface area (Å²) in [7, 11) is 1.23. The Balaban J connectivity index is 2.11. The van der Waals surface area contributed by atoms with Gasteiger partial charge in [-0.2, -0.15) is 0 Å². The molecule has 20 heavy (non-hydrogen) atoms. The van der Waals surface area contributed by atoms with Crippen molar-refractivity contribution in [2.75, 3.05) is 20.3 Å². The van der Waals surface area contributed by atoms with Gasteiger partial charge in [-0.15, -0.1) is 0 Å². The number of carbonyl (C=O) groups is 1. The van der Waals surface area contributed by atoms with E-state index >= 15 is 0 Å². The van der Waals surface area contributed by atoms with Crippen molar-refractivity contribution >= 4 is 5.97 Å². The van der Waals surface area contributed by atoms with Crippen LogP contribution in [0, 0.1) is 11.6 Å². The van der Waals surface area contributed by atoms with E-state index in [9.17, 15) is 13.6 Å². The van der Waals surface area contributed by atoms with E-state index in [1.54, 1.807) is 0 Å². The van der Waals surface area contributed by atoms with Gasteiger partial charge in [0, 0.05) is 24.8 Å². The van der Waals surface area contributed by atoms with Crippen molar-refractivity contribution in [1.29, 1.82) is 0 Å². The van der Waals surface area contributed by atoms with E-state index in [-0.39, 0.29) is 11.7 Å². The molecule has 4 nitrogen and oxygen atoms in total. The highest BCUT2D eigenvalue weighted by Gasteiger charge is 2.26. The fraction of sp³-hybridized carbons (Fsp3) is 0.500. The Labute approximate surface area is 116 Å². The lowest BCUT2D eigenvalue weighted by molar-refractivity contribution is -0.143. The van der Waals surface area contributed by atoms with Crippen LogP contribution in [0.5, 0.6) is 0 Å². The number of benzene rings is 1. The van der Waals surface area contributed by atoms with Crippen LogP contribution >= 0.6 is 0 Å². The molecular weight excluding hydrogens is 268 g/mol. The van der Waals surface area contributed by atoms with Crippen molar-refractivity contribution in [3.63, 3.8) is 0 Å². The molecule has 0 bridgehead atoms. The molecule has 1 aromatic rings. The Bertz CT molecular complexity index is 475. The van der Waals surface area contributed by atoms with Gasteiger partial charge in [0.1, 0.15) is 17.7 Å². The number of esters is 1. The largest absolute Gasteiger partial charge is 0.468 e. The zero-order valence-electron chi connectivity index (χ0n) is 11.2. The number of nitrogens with one attached hydrogen (secondary N) is 1. The normalized spacial score (nSPS) is 19.9. The maximum absolute atomic E-state index is 13.8. The molecule has 1 N–H and O–H groups in total. The van der Waals surface area contributed by atoms with Crippen LogP contribution in [0.25, 0.3) is 0 Å². The number of halogens is 2. The zero-order valence-corrected chi connectivity index (χ0v) is 11.2. The molecule has 1 heterocycles. The van der Waals surface area contributed by atoms with Crippen LogP contribution in [0.1, 0.15) is 24.4 Å². The van der Waals surface area contributed by atoms with Crippen LogP contribution in [0.2, 0.25) is 0 Å². The third kappa shape index (κ3) is 3.52. The Morgan fingerprint density at radius 3 is 2.95 bits per heavy atom. The Morgan fingerprint density at radius 1 is 1.55 bits per heavy atom. The lowest BCUT2D eigenvalue weighted by Crippen LogP contribution is -2.35. The highest BCUT2D eigenvalue weighted by molar-refractivity contribution is 5.77. The summed E-state index contributed by atoms with van der Waals surface area (Å²) in [5, 5.41) is 2.93. The second-order valence-corrected chi connectivity index (χ2v) is 4.67. The average Bonchev–Trinajstić information content (AvgIpc) is 2.93. The Kier molecular flexibility index (Phi) is 5.03. The van der Waals surface area contributed by atoms with Gasteiger partial charge in [-0.05, 0) is 18.9 Å². The summed E-state index contributed by atoms with van der Waals surface area (Å²) in [6.45, 7) is 1.11. The number of rotatable bonds is 5. The molecule has 0 spiro atoms. The smallest absolute Gasteiger partial charge is 0.327 e. The Morgan fingerprint density at radius 2 is 2.35 bits per heavy atom. The molecule has 0 saturated carbocycles. The number of ether oxygens (including phenoxy) is 2. The van der Waals surface area contributed by atoms with E-state index in [0.29, 0.717) is 13.2 Å². The average molecular weight is 285 g/mol. The first kappa shape index (κ1) is 14.9. The van der Waals surface area contributed by atoms with E-state index in [4.69, 9.17) is 4.74 Å². The van der Waals surface area contributed by atoms with Gasteiger partial charge < -0.3 is 9.47 Å². The monoisotopic (exact) mass is 285 g/mol. The maximum atomic E-state index is 13.8. The molecule has 2 unspecified atom stereocenters. The van der Waals surface area contributed by atoms with Crippen molar-refractivity contribution < 1.29 is 23.0 Å². The van der Waals surface area contributed by atoms with Gasteiger partial charge in [0.15, 0.2) is 0 Å². The molecule has 0 radical (unpaired) electrons. The molecule has 0 aliphatic carbocycles. The summed E-state index contributed by atoms with van der Waals surface area (Å²) >= 11 is 0. The summed E-state index contributed by atoms with van der Waals surface area (Å²) in [5.74, 6) is -2.08. The molecule has 1 aliphatic heterocycles. The van der Waals surface area contributed by atoms with Gasteiger partial charge in [-0.1, -0.05) is 6.07 Å². The molecular formula is C14H17F2NO3. The fourth-order valence-corrected chi connectivity index (χ4v) is 2.23. The van der Waals surface area contributed by atoms with E-state index in [2.05, 4.69) is 10.1 Å². The van der Waals surface area contributed by atoms with E-state index in [1.807, 2.05) is 0 Å². The topological polar surface area (TPSA) is 47.6 Å². The molecule has 6 heteroatoms. The third-order valence-electron chi connectivity index (χ3n) is 3.28. The number of carbonyl (C=O) groups excluding carboxylic acids is 1. The predicted octanol–water partition coefficient (Wildman–Crippen LogP) is 1.95. The van der Waals surface area contributed by atoms with Gasteiger partial charge in [-0.25, -0.2) is 13.6 Å². The molecule has 1 aliphatic rings. The Hall–Kier alpha value is -1.53. The second kappa shape index (κ2) is 6.76. The molecule has 1 saturated heterocycles. The number of hydrogen-bond donors (Lipinski definition) is 1. The van der Waals surface area contributed by atoms with Gasteiger partial charge in [-0.3, -0.25) is 5.32 Å². The summed E-state index contributed by atoms with van der Waals surface area (Å²) in [6.07, 6.45) is 1.87. The highest BCUT2D eigenvalue weighted by Crippen LogP contribution is 2.20. The first-order valence-electron chi connectivity index (χ1n) is 6.49. The molecule has 110 valence electrons. The van der Waals surface area contributed by atoms with Crippen molar-refractivity contribution in [3.05, 3.63) is 35.4 Å². The first-order chi connectivity index (χ1) is 9.61. The highest BCUT2D eigenvalue weighted by atomic mass is 19.1. The van der Waals surface area contributed by atoms with Crippen molar-refractivity contribution in [2.45, 2.75) is 25.0 Å². The molecule has 1 fully saturated rings. The van der Waals surface area contributed by atoms with Crippen LogP contribution in [0.15, 0.2) is 18.2 Å². The third-order valence-corrected chi connectivity index (χ3v) is 3.28. The van der Waals surface area contributed by atoms with Crippen LogP contribution in [0.4, 0.5) is 8.78 Å². The van der Waals surface area contributed by atoms with Crippen molar-refractivity contribution in [2.24, 2.45) is 0 Å². The van der Waals surface area contributed by atoms with Gasteiger partial charge in [0.05, 0.1) is 13.2 Å². The van der Waals surface area contributed by atoms with Crippen molar-refractivity contribution in [3.8, 4) is 0 Å². The van der Waals surface area contributed by atoms with Crippen LogP contribution in [0.3, 0.4) is 0 Å². The van der Waals surface area contributed by atoms with Crippen molar-refractivity contribution in [1.82, 2.24) is 5.32 Å². The van der Waals surface area contributed by atoms with Gasteiger partial charge >= 0.3 is 5.97 Å². The lowest BCUT2D eigenvalue weighted by Gasteiger charge is -2.19. The summed E-state index contributed by atoms with van der Waals surface area (Å²) in [5.41, 5.74) is 0.0660.